The molecule has 0 unspecified atom stereocenters. The highest BCUT2D eigenvalue weighted by atomic mass is 19.1. The predicted molar refractivity (Wildman–Crippen MR) is 72.6 cm³/mol. The first-order valence-electron chi connectivity index (χ1n) is 6.23. The van der Waals surface area contributed by atoms with Crippen LogP contribution in [0.1, 0.15) is 31.3 Å². The number of nitrogens with one attached hydrogen (secondary N) is 1. The summed E-state index contributed by atoms with van der Waals surface area (Å²) < 4.78 is 19.1. The van der Waals surface area contributed by atoms with E-state index in [4.69, 9.17) is 9.84 Å². The van der Waals surface area contributed by atoms with Crippen LogP contribution < -0.4 is 5.32 Å². The van der Waals surface area contributed by atoms with Crippen LogP contribution in [0.4, 0.5) is 9.18 Å². The van der Waals surface area contributed by atoms with Crippen LogP contribution in [0.3, 0.4) is 0 Å². The monoisotopic (exact) mass is 299 g/mol. The van der Waals surface area contributed by atoms with E-state index in [2.05, 4.69) is 10.4 Å². The van der Waals surface area contributed by atoms with Crippen molar-refractivity contribution in [2.24, 2.45) is 0 Å². The summed E-state index contributed by atoms with van der Waals surface area (Å²) in [5, 5.41) is 14.9. The van der Waals surface area contributed by atoms with E-state index in [9.17, 15) is 14.0 Å². The van der Waals surface area contributed by atoms with Gasteiger partial charge in [-0.3, -0.25) is 4.68 Å². The number of ether oxygens (including phenoxy) is 1. The normalized spacial score (nSPS) is 12.1. The van der Waals surface area contributed by atoms with Crippen molar-refractivity contribution in [2.45, 2.75) is 32.9 Å². The Bertz CT molecular complexity index is 546. The summed E-state index contributed by atoms with van der Waals surface area (Å²) in [6, 6.07) is 1.31. The molecule has 0 aromatic carbocycles. The molecular formula is C13H18FN3O4. The molecule has 8 heteroatoms. The number of carbonyl (C=O) groups is 2. The summed E-state index contributed by atoms with van der Waals surface area (Å²) in [6.07, 6.45) is 1.11. The fourth-order valence-corrected chi connectivity index (χ4v) is 1.40. The third-order valence-electron chi connectivity index (χ3n) is 2.24. The second-order valence-electron chi connectivity index (χ2n) is 5.33. The molecule has 0 radical (unpaired) electrons. The van der Waals surface area contributed by atoms with Crippen molar-refractivity contribution in [3.8, 4) is 0 Å². The van der Waals surface area contributed by atoms with Gasteiger partial charge in [-0.05, 0) is 32.4 Å². The summed E-state index contributed by atoms with van der Waals surface area (Å²) in [5.74, 6) is -1.16. The van der Waals surface area contributed by atoms with Gasteiger partial charge in [0.05, 0.1) is 12.9 Å². The predicted octanol–water partition coefficient (Wildman–Crippen LogP) is 1.96. The fourth-order valence-electron chi connectivity index (χ4n) is 1.40. The number of nitrogens with zero attached hydrogens (tertiary/aromatic N) is 2. The van der Waals surface area contributed by atoms with Crippen molar-refractivity contribution in [1.82, 2.24) is 15.1 Å². The molecule has 116 valence electrons. The van der Waals surface area contributed by atoms with Gasteiger partial charge in [0.15, 0.2) is 5.69 Å². The van der Waals surface area contributed by atoms with E-state index < -0.39 is 17.7 Å². The maximum atomic E-state index is 12.8. The summed E-state index contributed by atoms with van der Waals surface area (Å²) >= 11 is 0. The van der Waals surface area contributed by atoms with Crippen LogP contribution >= 0.6 is 0 Å². The smallest absolute Gasteiger partial charge is 0.407 e. The quantitative estimate of drug-likeness (QED) is 0.867. The van der Waals surface area contributed by atoms with E-state index in [1.807, 2.05) is 0 Å². The van der Waals surface area contributed by atoms with Gasteiger partial charge >= 0.3 is 12.1 Å². The zero-order valence-corrected chi connectivity index (χ0v) is 12.1. The van der Waals surface area contributed by atoms with E-state index in [-0.39, 0.29) is 24.4 Å². The van der Waals surface area contributed by atoms with Gasteiger partial charge in [0.1, 0.15) is 5.60 Å². The van der Waals surface area contributed by atoms with Crippen LogP contribution in [0.2, 0.25) is 0 Å². The molecule has 0 bridgehead atoms. The third kappa shape index (κ3) is 6.07. The summed E-state index contributed by atoms with van der Waals surface area (Å²) in [7, 11) is 0. The van der Waals surface area contributed by atoms with Gasteiger partial charge in [-0.1, -0.05) is 0 Å². The van der Waals surface area contributed by atoms with Crippen molar-refractivity contribution in [1.29, 1.82) is 0 Å². The Morgan fingerprint density at radius 2 is 2.19 bits per heavy atom. The van der Waals surface area contributed by atoms with E-state index in [0.717, 1.165) is 0 Å². The second-order valence-corrected chi connectivity index (χ2v) is 5.33. The Labute approximate surface area is 121 Å². The molecule has 0 spiro atoms. The van der Waals surface area contributed by atoms with E-state index in [1.54, 1.807) is 20.8 Å². The molecule has 1 amide bonds. The highest BCUT2D eigenvalue weighted by Crippen LogP contribution is 2.07. The number of aromatic nitrogens is 2. The highest BCUT2D eigenvalue weighted by molar-refractivity contribution is 5.85. The van der Waals surface area contributed by atoms with Crippen LogP contribution in [0.5, 0.6) is 0 Å². The van der Waals surface area contributed by atoms with Crippen LogP contribution in [0.25, 0.3) is 0 Å². The first-order chi connectivity index (χ1) is 9.71. The number of carbonyl (C=O) groups excluding carboxylic acids is 1. The number of carboxylic acid groups (broad SMARTS) is 1. The minimum absolute atomic E-state index is 0.0274. The van der Waals surface area contributed by atoms with Crippen molar-refractivity contribution in [3.63, 3.8) is 0 Å². The maximum absolute atomic E-state index is 12.8. The number of carboxylic acids is 1. The van der Waals surface area contributed by atoms with Gasteiger partial charge in [0.2, 0.25) is 0 Å². The molecule has 1 aromatic rings. The van der Waals surface area contributed by atoms with Gasteiger partial charge < -0.3 is 15.2 Å². The SMILES string of the molecule is CC(C)(C)OC(=O)NC/C(=C\F)Cn1ccc(C(=O)O)n1. The first kappa shape index (κ1) is 16.7. The molecule has 1 rings (SSSR count). The molecular weight excluding hydrogens is 281 g/mol. The van der Waals surface area contributed by atoms with Gasteiger partial charge in [0, 0.05) is 12.7 Å². The molecule has 1 heterocycles. The number of alkyl carbamates (subject to hydrolysis) is 1. The molecule has 0 atom stereocenters. The average Bonchev–Trinajstić information content (AvgIpc) is 2.80. The maximum Gasteiger partial charge on any atom is 0.407 e. The summed E-state index contributed by atoms with van der Waals surface area (Å²) in [5.41, 5.74) is -0.545. The number of aromatic carboxylic acids is 1. The third-order valence-corrected chi connectivity index (χ3v) is 2.24. The lowest BCUT2D eigenvalue weighted by atomic mass is 10.2. The fraction of sp³-hybridized carbons (Fsp3) is 0.462. The van der Waals surface area contributed by atoms with Crippen LogP contribution in [0.15, 0.2) is 24.2 Å². The van der Waals surface area contributed by atoms with Crippen molar-refractivity contribution >= 4 is 12.1 Å². The van der Waals surface area contributed by atoms with E-state index >= 15 is 0 Å². The first-order valence-corrected chi connectivity index (χ1v) is 6.23. The Balaban J connectivity index is 2.52. The largest absolute Gasteiger partial charge is 0.476 e. The Morgan fingerprint density at radius 1 is 1.52 bits per heavy atom. The van der Waals surface area contributed by atoms with Gasteiger partial charge in [-0.25, -0.2) is 14.0 Å². The number of halogens is 1. The average molecular weight is 299 g/mol. The zero-order chi connectivity index (χ0) is 16.0. The van der Waals surface area contributed by atoms with Crippen LogP contribution in [0, 0.1) is 0 Å². The summed E-state index contributed by atoms with van der Waals surface area (Å²) in [4.78, 5) is 22.1. The molecule has 0 aliphatic heterocycles. The minimum atomic E-state index is -1.16. The van der Waals surface area contributed by atoms with Crippen molar-refractivity contribution < 1.29 is 23.8 Å². The lowest BCUT2D eigenvalue weighted by Gasteiger charge is -2.20. The second kappa shape index (κ2) is 6.87. The van der Waals surface area contributed by atoms with Crippen molar-refractivity contribution in [2.75, 3.05) is 6.54 Å². The number of rotatable bonds is 5. The Hall–Kier alpha value is -2.38. The van der Waals surface area contributed by atoms with E-state index in [0.29, 0.717) is 6.33 Å². The Kier molecular flexibility index (Phi) is 5.45. The Morgan fingerprint density at radius 3 is 2.67 bits per heavy atom. The molecule has 0 aliphatic carbocycles. The van der Waals surface area contributed by atoms with Gasteiger partial charge in [0.25, 0.3) is 0 Å². The topological polar surface area (TPSA) is 93.5 Å². The minimum Gasteiger partial charge on any atom is -0.476 e. The zero-order valence-electron chi connectivity index (χ0n) is 12.1. The summed E-state index contributed by atoms with van der Waals surface area (Å²) in [6.45, 7) is 5.12. The number of hydrogen-bond acceptors (Lipinski definition) is 4. The highest BCUT2D eigenvalue weighted by Gasteiger charge is 2.16. The molecule has 7 nitrogen and oxygen atoms in total. The van der Waals surface area contributed by atoms with Crippen LogP contribution in [-0.2, 0) is 11.3 Å². The van der Waals surface area contributed by atoms with Crippen molar-refractivity contribution in [3.05, 3.63) is 29.9 Å². The molecule has 2 N–H and O–H groups in total. The van der Waals surface area contributed by atoms with Gasteiger partial charge in [-0.15, -0.1) is 0 Å². The number of hydrogen-bond donors (Lipinski definition) is 2. The lowest BCUT2D eigenvalue weighted by molar-refractivity contribution is 0.0531. The molecule has 21 heavy (non-hydrogen) atoms. The van der Waals surface area contributed by atoms with Gasteiger partial charge in [-0.2, -0.15) is 5.10 Å². The molecule has 0 saturated carbocycles. The van der Waals surface area contributed by atoms with Crippen LogP contribution in [-0.4, -0.2) is 39.1 Å². The number of amides is 1. The lowest BCUT2D eigenvalue weighted by Crippen LogP contribution is -2.34. The molecule has 0 saturated heterocycles. The molecule has 0 fully saturated rings. The standard InChI is InChI=1S/C13H18FN3O4/c1-13(2,3)21-12(20)15-7-9(6-14)8-17-5-4-10(16-17)11(18)19/h4-6H,7-8H2,1-3H3,(H,15,20)(H,18,19)/b9-6+. The van der Waals surface area contributed by atoms with E-state index in [1.165, 1.54) is 16.9 Å². The molecule has 0 aliphatic rings. The molecule has 1 aromatic heterocycles.